The van der Waals surface area contributed by atoms with Crippen molar-refractivity contribution in [2.75, 3.05) is 0 Å². The average molecular weight is 489 g/mol. The van der Waals surface area contributed by atoms with Crippen molar-refractivity contribution >= 4 is 17.8 Å². The van der Waals surface area contributed by atoms with Gasteiger partial charge in [0.05, 0.1) is 11.8 Å². The maximum atomic E-state index is 13.8. The predicted molar refractivity (Wildman–Crippen MR) is 136 cm³/mol. The van der Waals surface area contributed by atoms with Crippen LogP contribution >= 0.6 is 0 Å². The monoisotopic (exact) mass is 488 g/mol. The fourth-order valence-corrected chi connectivity index (χ4v) is 8.47. The van der Waals surface area contributed by atoms with E-state index in [1.54, 1.807) is 0 Å². The van der Waals surface area contributed by atoms with E-state index in [4.69, 9.17) is 0 Å². The van der Waals surface area contributed by atoms with E-state index in [1.807, 2.05) is 34.6 Å². The second-order valence-electron chi connectivity index (χ2n) is 14.1. The molecule has 5 rings (SSSR count). The van der Waals surface area contributed by atoms with Crippen LogP contribution in [0.3, 0.4) is 0 Å². The number of amides is 2. The molecular formula is C29H48N2O4. The highest BCUT2D eigenvalue weighted by atomic mass is 16.4. The number of nitrogens with one attached hydrogen (secondary N) is 2. The smallest absolute Gasteiger partial charge is 0.307 e. The summed E-state index contributed by atoms with van der Waals surface area (Å²) in [4.78, 5) is 39.9. The van der Waals surface area contributed by atoms with Gasteiger partial charge in [-0.1, -0.05) is 47.5 Å². The lowest BCUT2D eigenvalue weighted by Gasteiger charge is -2.57. The highest BCUT2D eigenvalue weighted by Gasteiger charge is 2.52. The maximum Gasteiger partial charge on any atom is 0.307 e. The Balaban J connectivity index is 1.52. The summed E-state index contributed by atoms with van der Waals surface area (Å²) in [6, 6.07) is -0.685. The lowest BCUT2D eigenvalue weighted by atomic mass is 9.53. The summed E-state index contributed by atoms with van der Waals surface area (Å²) in [5, 5.41) is 16.7. The quantitative estimate of drug-likeness (QED) is 0.418. The van der Waals surface area contributed by atoms with Crippen LogP contribution in [-0.2, 0) is 14.4 Å². The largest absolute Gasteiger partial charge is 0.481 e. The molecule has 0 aromatic heterocycles. The molecule has 0 aromatic rings. The molecule has 6 heteroatoms. The number of hydrogen-bond acceptors (Lipinski definition) is 3. The topological polar surface area (TPSA) is 95.5 Å². The summed E-state index contributed by atoms with van der Waals surface area (Å²) in [5.74, 6) is -0.129. The van der Waals surface area contributed by atoms with Crippen molar-refractivity contribution in [3.8, 4) is 0 Å². The Bertz CT molecular complexity index is 773. The molecule has 0 spiro atoms. The zero-order valence-electron chi connectivity index (χ0n) is 22.6. The van der Waals surface area contributed by atoms with Crippen molar-refractivity contribution in [1.82, 2.24) is 10.6 Å². The van der Waals surface area contributed by atoms with Crippen LogP contribution in [0.2, 0.25) is 0 Å². The first-order chi connectivity index (χ1) is 16.4. The molecule has 5 saturated carbocycles. The van der Waals surface area contributed by atoms with Crippen molar-refractivity contribution in [2.45, 2.75) is 117 Å². The second-order valence-corrected chi connectivity index (χ2v) is 14.1. The molecule has 2 amide bonds. The van der Waals surface area contributed by atoms with Gasteiger partial charge >= 0.3 is 5.97 Å². The summed E-state index contributed by atoms with van der Waals surface area (Å²) < 4.78 is 0. The van der Waals surface area contributed by atoms with E-state index in [2.05, 4.69) is 10.6 Å². The summed E-state index contributed by atoms with van der Waals surface area (Å²) in [6.07, 6.45) is 11.4. The first-order valence-corrected chi connectivity index (χ1v) is 14.2. The van der Waals surface area contributed by atoms with Crippen molar-refractivity contribution in [2.24, 2.45) is 46.8 Å². The van der Waals surface area contributed by atoms with Gasteiger partial charge in [-0.2, -0.15) is 0 Å². The summed E-state index contributed by atoms with van der Waals surface area (Å²) in [5.41, 5.74) is -0.596. The molecule has 3 atom stereocenters. The molecule has 5 aliphatic rings. The van der Waals surface area contributed by atoms with E-state index in [0.29, 0.717) is 6.42 Å². The Hall–Kier alpha value is -1.59. The fourth-order valence-electron chi connectivity index (χ4n) is 8.47. The SMILES string of the molecule is CC(C)C[C@@H](C(=O)N[C@H](C(=O)NC12CC3CC(CC(C3)C1)C2)C(C)(C)C)[C@@H](C(=O)O)C1CCCC1. The molecule has 0 radical (unpaired) electrons. The third kappa shape index (κ3) is 5.88. The van der Waals surface area contributed by atoms with Gasteiger partial charge < -0.3 is 15.7 Å². The second kappa shape index (κ2) is 10.0. The van der Waals surface area contributed by atoms with E-state index in [0.717, 1.165) is 62.7 Å². The van der Waals surface area contributed by atoms with E-state index >= 15 is 0 Å². The molecular weight excluding hydrogens is 440 g/mol. The maximum absolute atomic E-state index is 13.8. The first-order valence-electron chi connectivity index (χ1n) is 14.2. The summed E-state index contributed by atoms with van der Waals surface area (Å²) in [6.45, 7) is 10.0. The van der Waals surface area contributed by atoms with E-state index in [9.17, 15) is 19.5 Å². The normalized spacial score (nSPS) is 32.9. The zero-order chi connectivity index (χ0) is 25.5. The lowest BCUT2D eigenvalue weighted by Crippen LogP contribution is -2.64. The molecule has 35 heavy (non-hydrogen) atoms. The minimum atomic E-state index is -0.872. The molecule has 4 bridgehead atoms. The molecule has 0 aliphatic heterocycles. The van der Waals surface area contributed by atoms with Crippen LogP contribution in [-0.4, -0.2) is 34.5 Å². The van der Waals surface area contributed by atoms with Gasteiger partial charge in [0.25, 0.3) is 0 Å². The molecule has 5 aliphatic carbocycles. The Morgan fingerprint density at radius 2 is 1.43 bits per heavy atom. The Morgan fingerprint density at radius 1 is 0.914 bits per heavy atom. The van der Waals surface area contributed by atoms with Crippen molar-refractivity contribution < 1.29 is 19.5 Å². The predicted octanol–water partition coefficient (Wildman–Crippen LogP) is 5.16. The summed E-state index contributed by atoms with van der Waals surface area (Å²) in [7, 11) is 0. The van der Waals surface area contributed by atoms with Gasteiger partial charge in [-0.15, -0.1) is 0 Å². The van der Waals surface area contributed by atoms with Gasteiger partial charge in [-0.05, 0) is 92.8 Å². The molecule has 3 N–H and O–H groups in total. The Kier molecular flexibility index (Phi) is 7.60. The third-order valence-corrected chi connectivity index (χ3v) is 9.53. The number of aliphatic carboxylic acids is 1. The number of rotatable bonds is 9. The highest BCUT2D eigenvalue weighted by molar-refractivity contribution is 5.91. The standard InChI is InChI=1S/C29H48N2O4/c1-17(2)10-22(23(27(34)35)21-8-6-7-9-21)25(32)30-24(28(3,4)5)26(33)31-29-14-18-11-19(15-29)13-20(12-18)16-29/h17-24H,6-16H2,1-5H3,(H,30,32)(H,31,33)(H,34,35)/t18?,19?,20?,22-,23+,24-,29?/m1/s1. The molecule has 0 unspecified atom stereocenters. The number of carbonyl (C=O) groups is 3. The van der Waals surface area contributed by atoms with Crippen LogP contribution in [0.4, 0.5) is 0 Å². The van der Waals surface area contributed by atoms with Gasteiger partial charge in [-0.25, -0.2) is 0 Å². The van der Waals surface area contributed by atoms with E-state index in [-0.39, 0.29) is 29.2 Å². The molecule has 0 aromatic carbocycles. The molecule has 0 saturated heterocycles. The Labute approximate surface area is 211 Å². The fraction of sp³-hybridized carbons (Fsp3) is 0.897. The third-order valence-electron chi connectivity index (χ3n) is 9.53. The minimum absolute atomic E-state index is 0.0379. The number of carbonyl (C=O) groups excluding carboxylic acids is 2. The molecule has 198 valence electrons. The van der Waals surface area contributed by atoms with Crippen LogP contribution in [0.1, 0.15) is 105 Å². The Morgan fingerprint density at radius 3 is 1.86 bits per heavy atom. The highest BCUT2D eigenvalue weighted by Crippen LogP contribution is 2.55. The van der Waals surface area contributed by atoms with Crippen molar-refractivity contribution in [3.05, 3.63) is 0 Å². The first kappa shape index (κ1) is 26.5. The zero-order valence-corrected chi connectivity index (χ0v) is 22.6. The van der Waals surface area contributed by atoms with E-state index < -0.39 is 29.3 Å². The number of carboxylic acids is 1. The minimum Gasteiger partial charge on any atom is -0.481 e. The number of carboxylic acid groups (broad SMARTS) is 1. The molecule has 0 heterocycles. The molecule has 5 fully saturated rings. The van der Waals surface area contributed by atoms with Gasteiger partial charge in [0, 0.05) is 5.54 Å². The van der Waals surface area contributed by atoms with Crippen LogP contribution in [0.5, 0.6) is 0 Å². The lowest BCUT2D eigenvalue weighted by molar-refractivity contribution is -0.151. The van der Waals surface area contributed by atoms with Gasteiger partial charge in [0.1, 0.15) is 6.04 Å². The van der Waals surface area contributed by atoms with Crippen molar-refractivity contribution in [3.63, 3.8) is 0 Å². The van der Waals surface area contributed by atoms with Crippen LogP contribution in [0.15, 0.2) is 0 Å². The van der Waals surface area contributed by atoms with Crippen LogP contribution in [0.25, 0.3) is 0 Å². The van der Waals surface area contributed by atoms with Gasteiger partial charge in [0.15, 0.2) is 0 Å². The molecule has 6 nitrogen and oxygen atoms in total. The van der Waals surface area contributed by atoms with Crippen LogP contribution in [0, 0.1) is 46.8 Å². The average Bonchev–Trinajstić information content (AvgIpc) is 3.22. The van der Waals surface area contributed by atoms with Gasteiger partial charge in [-0.3, -0.25) is 14.4 Å². The van der Waals surface area contributed by atoms with E-state index in [1.165, 1.54) is 19.3 Å². The van der Waals surface area contributed by atoms with Crippen molar-refractivity contribution in [1.29, 1.82) is 0 Å². The van der Waals surface area contributed by atoms with Gasteiger partial charge in [0.2, 0.25) is 11.8 Å². The van der Waals surface area contributed by atoms with Crippen LogP contribution < -0.4 is 10.6 Å². The number of hydrogen-bond donors (Lipinski definition) is 3. The summed E-state index contributed by atoms with van der Waals surface area (Å²) >= 11 is 0.